The molecule has 0 unspecified atom stereocenters. The Morgan fingerprint density at radius 3 is 2.59 bits per heavy atom. The first kappa shape index (κ1) is 21.1. The molecule has 0 saturated heterocycles. The van der Waals surface area contributed by atoms with E-state index in [1.165, 1.54) is 11.1 Å². The van der Waals surface area contributed by atoms with Gasteiger partial charge in [-0.2, -0.15) is 0 Å². The molecular formula is C26H25ClN2O2S. The molecule has 0 radical (unpaired) electrons. The number of benzene rings is 3. The van der Waals surface area contributed by atoms with Crippen molar-refractivity contribution in [1.82, 2.24) is 0 Å². The first-order valence-electron chi connectivity index (χ1n) is 10.7. The molecule has 4 nitrogen and oxygen atoms in total. The van der Waals surface area contributed by atoms with Crippen molar-refractivity contribution in [3.8, 4) is 0 Å². The molecule has 5 rings (SSSR count). The van der Waals surface area contributed by atoms with E-state index in [1.54, 1.807) is 31.2 Å². The zero-order valence-electron chi connectivity index (χ0n) is 18.0. The number of nitrogens with one attached hydrogen (secondary N) is 2. The molecule has 164 valence electrons. The molecule has 2 aliphatic rings. The van der Waals surface area contributed by atoms with Crippen LogP contribution in [0.1, 0.15) is 40.6 Å². The maximum atomic E-state index is 13.2. The van der Waals surface area contributed by atoms with Crippen LogP contribution < -0.4 is 10.0 Å². The van der Waals surface area contributed by atoms with Crippen LogP contribution in [-0.4, -0.2) is 8.42 Å². The van der Waals surface area contributed by atoms with Gasteiger partial charge in [0.05, 0.1) is 16.6 Å². The monoisotopic (exact) mass is 464 g/mol. The highest BCUT2D eigenvalue weighted by Crippen LogP contribution is 2.50. The first-order chi connectivity index (χ1) is 15.3. The van der Waals surface area contributed by atoms with Crippen LogP contribution in [0.4, 0.5) is 11.4 Å². The van der Waals surface area contributed by atoms with Gasteiger partial charge < -0.3 is 5.32 Å². The second kappa shape index (κ2) is 7.98. The van der Waals surface area contributed by atoms with Crippen LogP contribution in [0, 0.1) is 19.8 Å². The van der Waals surface area contributed by atoms with Gasteiger partial charge in [0.1, 0.15) is 0 Å². The van der Waals surface area contributed by atoms with E-state index in [4.69, 9.17) is 11.6 Å². The van der Waals surface area contributed by atoms with Crippen LogP contribution >= 0.6 is 11.6 Å². The lowest BCUT2D eigenvalue weighted by atomic mass is 9.77. The number of aryl methyl sites for hydroxylation is 1. The second-order valence-corrected chi connectivity index (χ2v) is 10.7. The van der Waals surface area contributed by atoms with E-state index >= 15 is 0 Å². The third-order valence-corrected chi connectivity index (χ3v) is 8.37. The summed E-state index contributed by atoms with van der Waals surface area (Å²) in [6.07, 6.45) is 5.39. The zero-order chi connectivity index (χ0) is 22.5. The molecule has 0 spiro atoms. The Balaban J connectivity index is 1.49. The number of fused-ring (bicyclic) bond motifs is 3. The summed E-state index contributed by atoms with van der Waals surface area (Å²) in [6, 6.07) is 19.4. The normalized spacial score (nSPS) is 21.5. The molecule has 1 aliphatic carbocycles. The Hall–Kier alpha value is -2.76. The molecule has 2 N–H and O–H groups in total. The fraction of sp³-hybridized carbons (Fsp3) is 0.231. The number of anilines is 2. The van der Waals surface area contributed by atoms with Gasteiger partial charge in [0, 0.05) is 16.6 Å². The fourth-order valence-electron chi connectivity index (χ4n) is 4.77. The van der Waals surface area contributed by atoms with Crippen molar-refractivity contribution >= 4 is 33.0 Å². The van der Waals surface area contributed by atoms with E-state index in [0.29, 0.717) is 22.2 Å². The van der Waals surface area contributed by atoms with Gasteiger partial charge in [-0.25, -0.2) is 8.42 Å². The number of hydrogen-bond acceptors (Lipinski definition) is 3. The molecular weight excluding hydrogens is 440 g/mol. The highest BCUT2D eigenvalue weighted by molar-refractivity contribution is 7.92. The van der Waals surface area contributed by atoms with Crippen LogP contribution in [0.3, 0.4) is 0 Å². The molecule has 0 amide bonds. The van der Waals surface area contributed by atoms with Crippen LogP contribution in [0.5, 0.6) is 0 Å². The lowest BCUT2D eigenvalue weighted by molar-refractivity contribution is 0.425. The minimum atomic E-state index is -3.75. The summed E-state index contributed by atoms with van der Waals surface area (Å²) < 4.78 is 29.0. The molecule has 1 heterocycles. The predicted octanol–water partition coefficient (Wildman–Crippen LogP) is 6.58. The van der Waals surface area contributed by atoms with Gasteiger partial charge in [0.15, 0.2) is 0 Å². The highest BCUT2D eigenvalue weighted by Gasteiger charge is 2.38. The summed E-state index contributed by atoms with van der Waals surface area (Å²) in [5, 5.41) is 4.21. The third kappa shape index (κ3) is 3.70. The summed E-state index contributed by atoms with van der Waals surface area (Å²) in [7, 11) is -3.75. The van der Waals surface area contributed by atoms with Crippen LogP contribution in [0.2, 0.25) is 5.02 Å². The number of hydrogen-bond donors (Lipinski definition) is 2. The Kier molecular flexibility index (Phi) is 5.26. The number of sulfonamides is 1. The molecule has 6 heteroatoms. The molecule has 0 bridgehead atoms. The van der Waals surface area contributed by atoms with E-state index in [9.17, 15) is 8.42 Å². The van der Waals surface area contributed by atoms with E-state index in [2.05, 4.69) is 53.4 Å². The van der Waals surface area contributed by atoms with Crippen LogP contribution in [0.25, 0.3) is 0 Å². The summed E-state index contributed by atoms with van der Waals surface area (Å²) in [5.41, 5.74) is 5.71. The number of allylic oxidation sites excluding steroid dienone is 2. The van der Waals surface area contributed by atoms with Crippen molar-refractivity contribution < 1.29 is 8.42 Å². The van der Waals surface area contributed by atoms with Crippen molar-refractivity contribution in [2.24, 2.45) is 5.92 Å². The van der Waals surface area contributed by atoms with Gasteiger partial charge in [-0.1, -0.05) is 59.6 Å². The molecule has 0 aromatic heterocycles. The van der Waals surface area contributed by atoms with E-state index in [0.717, 1.165) is 17.7 Å². The smallest absolute Gasteiger partial charge is 0.261 e. The maximum absolute atomic E-state index is 13.2. The quantitative estimate of drug-likeness (QED) is 0.428. The molecule has 32 heavy (non-hydrogen) atoms. The SMILES string of the molecule is Cc1ccc([C@H]2Nc3ccc(S(=O)(=O)Nc4cccc(Cl)c4C)cc3[C@H]3C=CC[C@H]32)cc1. The highest BCUT2D eigenvalue weighted by atomic mass is 35.5. The van der Waals surface area contributed by atoms with Gasteiger partial charge in [0.2, 0.25) is 0 Å². The van der Waals surface area contributed by atoms with Gasteiger partial charge in [-0.3, -0.25) is 4.72 Å². The minimum Gasteiger partial charge on any atom is -0.378 e. The lowest BCUT2D eigenvalue weighted by Crippen LogP contribution is -2.29. The molecule has 3 aromatic rings. The van der Waals surface area contributed by atoms with Crippen molar-refractivity contribution in [3.05, 3.63) is 100 Å². The van der Waals surface area contributed by atoms with E-state index in [-0.39, 0.29) is 16.9 Å². The summed E-state index contributed by atoms with van der Waals surface area (Å²) in [4.78, 5) is 0.255. The third-order valence-electron chi connectivity index (χ3n) is 6.59. The van der Waals surface area contributed by atoms with Crippen molar-refractivity contribution in [3.63, 3.8) is 0 Å². The molecule has 0 saturated carbocycles. The lowest BCUT2D eigenvalue weighted by Gasteiger charge is -2.37. The first-order valence-corrected chi connectivity index (χ1v) is 12.6. The largest absolute Gasteiger partial charge is 0.378 e. The Bertz CT molecular complexity index is 1320. The van der Waals surface area contributed by atoms with Gasteiger partial charge in [-0.05, 0) is 73.2 Å². The molecule has 3 aromatic carbocycles. The summed E-state index contributed by atoms with van der Waals surface area (Å²) in [5.74, 6) is 0.534. The molecule has 3 atom stereocenters. The van der Waals surface area contributed by atoms with Gasteiger partial charge >= 0.3 is 0 Å². The predicted molar refractivity (Wildman–Crippen MR) is 131 cm³/mol. The standard InChI is InChI=1S/C26H25ClN2O2S/c1-16-9-11-18(12-10-16)26-21-6-3-5-20(21)22-15-19(13-14-25(22)28-26)32(30,31)29-24-8-4-7-23(27)17(24)2/h3-5,7-15,20-21,26,28-29H,6H2,1-2H3/t20-,21+,26+/m0/s1. The summed E-state index contributed by atoms with van der Waals surface area (Å²) in [6.45, 7) is 3.89. The Morgan fingerprint density at radius 1 is 1.03 bits per heavy atom. The van der Waals surface area contributed by atoms with E-state index in [1.807, 2.05) is 12.1 Å². The molecule has 0 fully saturated rings. The van der Waals surface area contributed by atoms with Gasteiger partial charge in [0.25, 0.3) is 10.0 Å². The van der Waals surface area contributed by atoms with Crippen LogP contribution in [0.15, 0.2) is 77.7 Å². The fourth-order valence-corrected chi connectivity index (χ4v) is 6.10. The Morgan fingerprint density at radius 2 is 1.81 bits per heavy atom. The summed E-state index contributed by atoms with van der Waals surface area (Å²) >= 11 is 6.17. The van der Waals surface area contributed by atoms with Crippen molar-refractivity contribution in [2.45, 2.75) is 37.1 Å². The van der Waals surface area contributed by atoms with Crippen molar-refractivity contribution in [2.75, 3.05) is 10.0 Å². The van der Waals surface area contributed by atoms with Crippen molar-refractivity contribution in [1.29, 1.82) is 0 Å². The topological polar surface area (TPSA) is 58.2 Å². The number of halogens is 1. The molecule has 1 aliphatic heterocycles. The Labute approximate surface area is 194 Å². The van der Waals surface area contributed by atoms with E-state index < -0.39 is 10.0 Å². The minimum absolute atomic E-state index is 0.181. The maximum Gasteiger partial charge on any atom is 0.261 e. The average molecular weight is 465 g/mol. The zero-order valence-corrected chi connectivity index (χ0v) is 19.5. The number of rotatable bonds is 4. The second-order valence-electron chi connectivity index (χ2n) is 8.65. The van der Waals surface area contributed by atoms with Crippen LogP contribution in [-0.2, 0) is 10.0 Å². The van der Waals surface area contributed by atoms with Gasteiger partial charge in [-0.15, -0.1) is 0 Å². The average Bonchev–Trinajstić information content (AvgIpc) is 3.27.